The van der Waals surface area contributed by atoms with Crippen molar-refractivity contribution in [2.45, 2.75) is 17.9 Å². The number of rotatable bonds is 8. The zero-order valence-electron chi connectivity index (χ0n) is 13.5. The third-order valence-electron chi connectivity index (χ3n) is 2.98. The molecule has 8 nitrogen and oxygen atoms in total. The van der Waals surface area contributed by atoms with Crippen molar-refractivity contribution in [3.63, 3.8) is 0 Å². The largest absolute Gasteiger partial charge is 0.449 e. The number of benzene rings is 1. The number of sulfonamides is 1. The average molecular weight is 379 g/mol. The van der Waals surface area contributed by atoms with Gasteiger partial charge in [-0.2, -0.15) is 0 Å². The summed E-state index contributed by atoms with van der Waals surface area (Å²) in [5.41, 5.74) is -0.0373. The Balaban J connectivity index is 2.85. The number of halogens is 1. The summed E-state index contributed by atoms with van der Waals surface area (Å²) < 4.78 is 35.6. The molecule has 0 spiro atoms. The lowest BCUT2D eigenvalue weighted by atomic mass is 10.2. The molecular formula is C14H19ClN2O6S. The molecule has 24 heavy (non-hydrogen) atoms. The Labute approximate surface area is 145 Å². The second kappa shape index (κ2) is 8.97. The summed E-state index contributed by atoms with van der Waals surface area (Å²) in [5.74, 6) is -1.33. The van der Waals surface area contributed by atoms with Gasteiger partial charge in [0.1, 0.15) is 4.90 Å². The van der Waals surface area contributed by atoms with Crippen LogP contribution in [0.1, 0.15) is 17.3 Å². The first kappa shape index (κ1) is 20.4. The minimum atomic E-state index is -3.83. The maximum Gasteiger partial charge on any atom is 0.338 e. The van der Waals surface area contributed by atoms with E-state index in [-0.39, 0.29) is 22.0 Å². The standard InChI is InChI=1S/C14H19ClN2O6S/c1-9(13(18)17-6-7-22-3)23-14(19)10-4-5-11(15)12(8-10)24(20,21)16-2/h4-5,8-9,16H,6-7H2,1-3H3,(H,17,18)/t9-/m1/s1. The van der Waals surface area contributed by atoms with E-state index >= 15 is 0 Å². The van der Waals surface area contributed by atoms with Crippen LogP contribution in [0.2, 0.25) is 5.02 Å². The van der Waals surface area contributed by atoms with E-state index in [1.165, 1.54) is 33.2 Å². The van der Waals surface area contributed by atoms with Gasteiger partial charge in [0, 0.05) is 13.7 Å². The van der Waals surface area contributed by atoms with Gasteiger partial charge >= 0.3 is 5.97 Å². The number of ether oxygens (including phenoxy) is 2. The van der Waals surface area contributed by atoms with Gasteiger partial charge in [-0.25, -0.2) is 17.9 Å². The van der Waals surface area contributed by atoms with Crippen LogP contribution in [0.5, 0.6) is 0 Å². The summed E-state index contributed by atoms with van der Waals surface area (Å²) >= 11 is 5.84. The van der Waals surface area contributed by atoms with E-state index in [0.717, 1.165) is 6.07 Å². The molecule has 134 valence electrons. The van der Waals surface area contributed by atoms with Crippen molar-refractivity contribution in [1.29, 1.82) is 0 Å². The van der Waals surface area contributed by atoms with Gasteiger partial charge < -0.3 is 14.8 Å². The molecule has 0 aliphatic carbocycles. The van der Waals surface area contributed by atoms with E-state index in [9.17, 15) is 18.0 Å². The summed E-state index contributed by atoms with van der Waals surface area (Å²) in [6.07, 6.45) is -1.05. The summed E-state index contributed by atoms with van der Waals surface area (Å²) in [6.45, 7) is 2.01. The van der Waals surface area contributed by atoms with Crippen molar-refractivity contribution < 1.29 is 27.5 Å². The lowest BCUT2D eigenvalue weighted by Gasteiger charge is -2.14. The van der Waals surface area contributed by atoms with Gasteiger partial charge in [0.2, 0.25) is 10.0 Å². The van der Waals surface area contributed by atoms with Crippen LogP contribution in [-0.4, -0.2) is 53.7 Å². The smallest absolute Gasteiger partial charge is 0.338 e. The van der Waals surface area contributed by atoms with Gasteiger partial charge in [-0.15, -0.1) is 0 Å². The number of esters is 1. The molecule has 0 aliphatic rings. The average Bonchev–Trinajstić information content (AvgIpc) is 2.54. The molecule has 1 atom stereocenters. The molecule has 0 aromatic heterocycles. The second-order valence-electron chi connectivity index (χ2n) is 4.68. The van der Waals surface area contributed by atoms with Crippen LogP contribution in [0.15, 0.2) is 23.1 Å². The Morgan fingerprint density at radius 3 is 2.58 bits per heavy atom. The lowest BCUT2D eigenvalue weighted by molar-refractivity contribution is -0.129. The van der Waals surface area contributed by atoms with E-state index in [4.69, 9.17) is 21.1 Å². The maximum atomic E-state index is 12.1. The van der Waals surface area contributed by atoms with Crippen molar-refractivity contribution >= 4 is 33.5 Å². The predicted molar refractivity (Wildman–Crippen MR) is 87.5 cm³/mol. The van der Waals surface area contributed by atoms with Crippen molar-refractivity contribution in [1.82, 2.24) is 10.0 Å². The minimum Gasteiger partial charge on any atom is -0.449 e. The molecule has 1 rings (SSSR count). The molecule has 0 heterocycles. The van der Waals surface area contributed by atoms with Crippen molar-refractivity contribution in [3.05, 3.63) is 28.8 Å². The quantitative estimate of drug-likeness (QED) is 0.505. The van der Waals surface area contributed by atoms with Crippen LogP contribution in [0.4, 0.5) is 0 Å². The highest BCUT2D eigenvalue weighted by atomic mass is 35.5. The number of amides is 1. The highest BCUT2D eigenvalue weighted by Gasteiger charge is 2.22. The number of hydrogen-bond donors (Lipinski definition) is 2. The molecule has 0 bridgehead atoms. The highest BCUT2D eigenvalue weighted by Crippen LogP contribution is 2.23. The number of nitrogens with one attached hydrogen (secondary N) is 2. The molecule has 10 heteroatoms. The lowest BCUT2D eigenvalue weighted by Crippen LogP contribution is -2.37. The maximum absolute atomic E-state index is 12.1. The topological polar surface area (TPSA) is 111 Å². The summed E-state index contributed by atoms with van der Waals surface area (Å²) in [7, 11) is -1.11. The molecular weight excluding hydrogens is 360 g/mol. The Hall–Kier alpha value is -1.68. The number of hydrogen-bond acceptors (Lipinski definition) is 6. The fourth-order valence-electron chi connectivity index (χ4n) is 1.65. The fraction of sp³-hybridized carbons (Fsp3) is 0.429. The molecule has 1 amide bonds. The zero-order chi connectivity index (χ0) is 18.3. The molecule has 0 fully saturated rings. The SMILES string of the molecule is CNS(=O)(=O)c1cc(C(=O)O[C@H](C)C(=O)NCCOC)ccc1Cl. The van der Waals surface area contributed by atoms with Crippen molar-refractivity contribution in [3.8, 4) is 0 Å². The normalized spacial score (nSPS) is 12.5. The first-order valence-corrected chi connectivity index (χ1v) is 8.79. The van der Waals surface area contributed by atoms with E-state index in [1.807, 2.05) is 0 Å². The molecule has 1 aromatic carbocycles. The minimum absolute atomic E-state index is 0.0359. The van der Waals surface area contributed by atoms with Gasteiger partial charge in [-0.05, 0) is 32.2 Å². The summed E-state index contributed by atoms with van der Waals surface area (Å²) in [6, 6.07) is 3.67. The Bertz CT molecular complexity index is 707. The first-order chi connectivity index (χ1) is 11.2. The van der Waals surface area contributed by atoms with Gasteiger partial charge in [-0.1, -0.05) is 11.6 Å². The third-order valence-corrected chi connectivity index (χ3v) is 4.88. The van der Waals surface area contributed by atoms with E-state index < -0.39 is 28.0 Å². The van der Waals surface area contributed by atoms with Gasteiger partial charge in [0.05, 0.1) is 17.2 Å². The van der Waals surface area contributed by atoms with E-state index in [0.29, 0.717) is 6.61 Å². The molecule has 1 aromatic rings. The number of methoxy groups -OCH3 is 1. The van der Waals surface area contributed by atoms with Gasteiger partial charge in [0.15, 0.2) is 6.10 Å². The molecule has 0 saturated carbocycles. The predicted octanol–water partition coefficient (Wildman–Crippen LogP) is 0.556. The van der Waals surface area contributed by atoms with Crippen LogP contribution in [0.3, 0.4) is 0 Å². The fourth-order valence-corrected chi connectivity index (χ4v) is 2.90. The molecule has 0 unspecified atom stereocenters. The second-order valence-corrected chi connectivity index (χ2v) is 6.95. The Morgan fingerprint density at radius 1 is 1.33 bits per heavy atom. The Kier molecular flexibility index (Phi) is 7.61. The zero-order valence-corrected chi connectivity index (χ0v) is 15.0. The molecule has 0 radical (unpaired) electrons. The van der Waals surface area contributed by atoms with Crippen LogP contribution in [-0.2, 0) is 24.3 Å². The number of carbonyl (C=O) groups excluding carboxylic acids is 2. The summed E-state index contributed by atoms with van der Waals surface area (Å²) in [5, 5.41) is 2.49. The molecule has 0 saturated heterocycles. The third kappa shape index (κ3) is 5.45. The van der Waals surface area contributed by atoms with Crippen molar-refractivity contribution in [2.24, 2.45) is 0 Å². The van der Waals surface area contributed by atoms with Gasteiger partial charge in [0.25, 0.3) is 5.91 Å². The van der Waals surface area contributed by atoms with Gasteiger partial charge in [-0.3, -0.25) is 4.79 Å². The summed E-state index contributed by atoms with van der Waals surface area (Å²) in [4.78, 5) is 23.6. The molecule has 2 N–H and O–H groups in total. The van der Waals surface area contributed by atoms with Crippen LogP contribution in [0.25, 0.3) is 0 Å². The van der Waals surface area contributed by atoms with E-state index in [2.05, 4.69) is 10.0 Å². The first-order valence-electron chi connectivity index (χ1n) is 6.93. The van der Waals surface area contributed by atoms with Crippen LogP contribution < -0.4 is 10.0 Å². The van der Waals surface area contributed by atoms with Crippen LogP contribution in [0, 0.1) is 0 Å². The monoisotopic (exact) mass is 378 g/mol. The van der Waals surface area contributed by atoms with Crippen LogP contribution >= 0.6 is 11.6 Å². The Morgan fingerprint density at radius 2 is 2.00 bits per heavy atom. The van der Waals surface area contributed by atoms with E-state index in [1.54, 1.807) is 0 Å². The molecule has 0 aliphatic heterocycles. The number of carbonyl (C=O) groups is 2. The highest BCUT2D eigenvalue weighted by molar-refractivity contribution is 7.89. The van der Waals surface area contributed by atoms with Crippen molar-refractivity contribution in [2.75, 3.05) is 27.3 Å².